The Kier molecular flexibility index (Phi) is 4.25. The fourth-order valence-corrected chi connectivity index (χ4v) is 1.22. The summed E-state index contributed by atoms with van der Waals surface area (Å²) in [6, 6.07) is 0. The minimum atomic E-state index is 0.196. The van der Waals surface area contributed by atoms with E-state index in [0.717, 1.165) is 18.9 Å². The molecule has 0 saturated heterocycles. The fraction of sp³-hybridized carbons (Fsp3) is 0.667. The lowest BCUT2D eigenvalue weighted by Gasteiger charge is -2.01. The molecule has 0 aliphatic rings. The van der Waals surface area contributed by atoms with Crippen molar-refractivity contribution in [3.8, 4) is 0 Å². The summed E-state index contributed by atoms with van der Waals surface area (Å²) in [6.07, 6.45) is 2.42. The van der Waals surface area contributed by atoms with Crippen molar-refractivity contribution in [1.82, 2.24) is 20.1 Å². The molecular weight excluding hydrogens is 180 g/mol. The molecular formula is C9H16N4O. The van der Waals surface area contributed by atoms with Crippen molar-refractivity contribution in [1.29, 1.82) is 0 Å². The van der Waals surface area contributed by atoms with Crippen LogP contribution >= 0.6 is 0 Å². The zero-order valence-corrected chi connectivity index (χ0v) is 8.66. The minimum absolute atomic E-state index is 0.196. The number of aromatic nitrogens is 3. The average molecular weight is 196 g/mol. The van der Waals surface area contributed by atoms with Gasteiger partial charge in [-0.3, -0.25) is 4.79 Å². The predicted molar refractivity (Wildman–Crippen MR) is 53.0 cm³/mol. The van der Waals surface area contributed by atoms with Gasteiger partial charge in [-0.2, -0.15) is 5.10 Å². The highest BCUT2D eigenvalue weighted by molar-refractivity contribution is 5.80. The number of hydrogen-bond donors (Lipinski definition) is 1. The molecule has 0 atom stereocenters. The van der Waals surface area contributed by atoms with Gasteiger partial charge in [-0.05, 0) is 14.0 Å². The Bertz CT molecular complexity index is 295. The van der Waals surface area contributed by atoms with Crippen molar-refractivity contribution in [3.05, 3.63) is 12.2 Å². The number of Topliss-reactive ketones (excluding diaryl/α,β-unsaturated/α-hetero) is 1. The molecule has 14 heavy (non-hydrogen) atoms. The second-order valence-electron chi connectivity index (χ2n) is 3.06. The van der Waals surface area contributed by atoms with Gasteiger partial charge in [0.05, 0.1) is 6.42 Å². The summed E-state index contributed by atoms with van der Waals surface area (Å²) in [4.78, 5) is 15.5. The number of aryl methyl sites for hydroxylation is 1. The van der Waals surface area contributed by atoms with E-state index in [1.807, 2.05) is 14.0 Å². The summed E-state index contributed by atoms with van der Waals surface area (Å²) in [5.41, 5.74) is 0. The summed E-state index contributed by atoms with van der Waals surface area (Å²) in [7, 11) is 1.84. The summed E-state index contributed by atoms with van der Waals surface area (Å²) < 4.78 is 1.75. The molecule has 0 radical (unpaired) electrons. The van der Waals surface area contributed by atoms with E-state index in [0.29, 0.717) is 12.8 Å². The topological polar surface area (TPSA) is 59.8 Å². The number of nitrogens with zero attached hydrogens (tertiary/aromatic N) is 3. The summed E-state index contributed by atoms with van der Waals surface area (Å²) in [5.74, 6) is 0.954. The minimum Gasteiger partial charge on any atom is -0.319 e. The largest absolute Gasteiger partial charge is 0.319 e. The van der Waals surface area contributed by atoms with E-state index in [2.05, 4.69) is 15.4 Å². The average Bonchev–Trinajstić information content (AvgIpc) is 2.62. The molecule has 0 saturated carbocycles. The normalized spacial score (nSPS) is 10.4. The molecule has 5 nitrogen and oxygen atoms in total. The molecule has 1 N–H and O–H groups in total. The number of hydrogen-bond acceptors (Lipinski definition) is 4. The Morgan fingerprint density at radius 2 is 2.43 bits per heavy atom. The molecule has 0 aliphatic heterocycles. The second kappa shape index (κ2) is 5.49. The highest BCUT2D eigenvalue weighted by atomic mass is 16.1. The van der Waals surface area contributed by atoms with Crippen molar-refractivity contribution in [3.63, 3.8) is 0 Å². The first-order valence-electron chi connectivity index (χ1n) is 4.81. The number of carbonyl (C=O) groups is 1. The Hall–Kier alpha value is -1.23. The Balaban J connectivity index is 2.47. The van der Waals surface area contributed by atoms with E-state index < -0.39 is 0 Å². The molecule has 1 rings (SSSR count). The van der Waals surface area contributed by atoms with E-state index in [4.69, 9.17) is 0 Å². The number of ketones is 1. The van der Waals surface area contributed by atoms with Gasteiger partial charge in [0, 0.05) is 19.5 Å². The van der Waals surface area contributed by atoms with Crippen LogP contribution in [0, 0.1) is 0 Å². The molecule has 1 aromatic heterocycles. The molecule has 1 aromatic rings. The zero-order chi connectivity index (χ0) is 10.4. The molecule has 0 aromatic carbocycles. The monoisotopic (exact) mass is 196 g/mol. The van der Waals surface area contributed by atoms with Gasteiger partial charge in [-0.25, -0.2) is 9.67 Å². The maximum atomic E-state index is 11.4. The predicted octanol–water partition coefficient (Wildman–Crippen LogP) is 0.0191. The first-order chi connectivity index (χ1) is 6.77. The van der Waals surface area contributed by atoms with Gasteiger partial charge in [0.15, 0.2) is 0 Å². The van der Waals surface area contributed by atoms with Crippen LogP contribution < -0.4 is 5.32 Å². The molecule has 1 heterocycles. The van der Waals surface area contributed by atoms with Crippen LogP contribution in [0.25, 0.3) is 0 Å². The SMILES string of the molecule is CCn1ncnc1CC(=O)CCNC. The Labute approximate surface area is 83.5 Å². The molecule has 0 aliphatic carbocycles. The van der Waals surface area contributed by atoms with E-state index in [-0.39, 0.29) is 5.78 Å². The lowest BCUT2D eigenvalue weighted by atomic mass is 10.2. The van der Waals surface area contributed by atoms with Crippen molar-refractivity contribution in [2.75, 3.05) is 13.6 Å². The quantitative estimate of drug-likeness (QED) is 0.696. The van der Waals surface area contributed by atoms with Gasteiger partial charge in [0.2, 0.25) is 0 Å². The highest BCUT2D eigenvalue weighted by Crippen LogP contribution is 1.97. The molecule has 0 unspecified atom stereocenters. The molecule has 0 fully saturated rings. The van der Waals surface area contributed by atoms with Crippen LogP contribution in [0.4, 0.5) is 0 Å². The standard InChI is InChI=1S/C9H16N4O/c1-3-13-9(11-7-12-13)6-8(14)4-5-10-2/h7,10H,3-6H2,1-2H3. The van der Waals surface area contributed by atoms with Crippen molar-refractivity contribution in [2.45, 2.75) is 26.3 Å². The van der Waals surface area contributed by atoms with E-state index in [1.165, 1.54) is 6.33 Å². The summed E-state index contributed by atoms with van der Waals surface area (Å²) in [6.45, 7) is 3.46. The molecule has 5 heteroatoms. The van der Waals surface area contributed by atoms with E-state index in [9.17, 15) is 4.79 Å². The molecule has 0 amide bonds. The van der Waals surface area contributed by atoms with Gasteiger partial charge in [-0.1, -0.05) is 0 Å². The summed E-state index contributed by atoms with van der Waals surface area (Å²) >= 11 is 0. The summed E-state index contributed by atoms with van der Waals surface area (Å²) in [5, 5.41) is 6.95. The van der Waals surface area contributed by atoms with Crippen LogP contribution in [0.5, 0.6) is 0 Å². The van der Waals surface area contributed by atoms with Gasteiger partial charge < -0.3 is 5.32 Å². The first-order valence-corrected chi connectivity index (χ1v) is 4.81. The number of carbonyl (C=O) groups excluding carboxylic acids is 1. The van der Waals surface area contributed by atoms with Crippen LogP contribution in [0.3, 0.4) is 0 Å². The van der Waals surface area contributed by atoms with E-state index >= 15 is 0 Å². The van der Waals surface area contributed by atoms with Crippen molar-refractivity contribution < 1.29 is 4.79 Å². The maximum Gasteiger partial charge on any atom is 0.141 e. The van der Waals surface area contributed by atoms with Crippen LogP contribution in [0.15, 0.2) is 6.33 Å². The first kappa shape index (κ1) is 10.8. The Morgan fingerprint density at radius 1 is 1.64 bits per heavy atom. The number of rotatable bonds is 6. The van der Waals surface area contributed by atoms with Crippen molar-refractivity contribution >= 4 is 5.78 Å². The smallest absolute Gasteiger partial charge is 0.141 e. The van der Waals surface area contributed by atoms with Crippen molar-refractivity contribution in [2.24, 2.45) is 0 Å². The van der Waals surface area contributed by atoms with Crippen LogP contribution in [-0.2, 0) is 17.8 Å². The fourth-order valence-electron chi connectivity index (χ4n) is 1.22. The lowest BCUT2D eigenvalue weighted by molar-refractivity contribution is -0.118. The highest BCUT2D eigenvalue weighted by Gasteiger charge is 2.08. The van der Waals surface area contributed by atoms with Crippen LogP contribution in [0.2, 0.25) is 0 Å². The van der Waals surface area contributed by atoms with Crippen LogP contribution in [-0.4, -0.2) is 34.1 Å². The van der Waals surface area contributed by atoms with E-state index in [1.54, 1.807) is 4.68 Å². The van der Waals surface area contributed by atoms with Crippen LogP contribution in [0.1, 0.15) is 19.2 Å². The van der Waals surface area contributed by atoms with Gasteiger partial charge in [0.25, 0.3) is 0 Å². The third-order valence-electron chi connectivity index (χ3n) is 2.00. The lowest BCUT2D eigenvalue weighted by Crippen LogP contribution is -2.16. The van der Waals surface area contributed by atoms with Gasteiger partial charge in [0.1, 0.15) is 17.9 Å². The van der Waals surface area contributed by atoms with Gasteiger partial charge in [-0.15, -0.1) is 0 Å². The zero-order valence-electron chi connectivity index (χ0n) is 8.66. The Morgan fingerprint density at radius 3 is 3.07 bits per heavy atom. The number of nitrogens with one attached hydrogen (secondary N) is 1. The molecule has 0 bridgehead atoms. The second-order valence-corrected chi connectivity index (χ2v) is 3.06. The third-order valence-corrected chi connectivity index (χ3v) is 2.00. The third kappa shape index (κ3) is 2.92. The molecule has 0 spiro atoms. The maximum absolute atomic E-state index is 11.4. The van der Waals surface area contributed by atoms with Gasteiger partial charge >= 0.3 is 0 Å². The molecule has 78 valence electrons.